The van der Waals surface area contributed by atoms with Gasteiger partial charge in [0, 0.05) is 37.7 Å². The number of ether oxygens (including phenoxy) is 1. The van der Waals surface area contributed by atoms with Gasteiger partial charge in [-0.2, -0.15) is 0 Å². The first-order chi connectivity index (χ1) is 5.83. The van der Waals surface area contributed by atoms with Gasteiger partial charge in [0.05, 0.1) is 6.61 Å². The van der Waals surface area contributed by atoms with E-state index >= 15 is 0 Å². The van der Waals surface area contributed by atoms with Crippen LogP contribution in [-0.4, -0.2) is 17.8 Å². The lowest BCUT2D eigenvalue weighted by Crippen LogP contribution is -2.08. The van der Waals surface area contributed by atoms with Gasteiger partial charge in [0.2, 0.25) is 0 Å². The average Bonchev–Trinajstić information content (AvgIpc) is 2.09. The monoisotopic (exact) mass is 167 g/mol. The molecule has 0 fully saturated rings. The lowest BCUT2D eigenvalue weighted by Gasteiger charge is -2.04. The summed E-state index contributed by atoms with van der Waals surface area (Å²) in [5.41, 5.74) is 0.0441. The second kappa shape index (κ2) is 4.72. The van der Waals surface area contributed by atoms with Gasteiger partial charge in [0.25, 0.3) is 0 Å². The second-order valence-corrected chi connectivity index (χ2v) is 2.47. The van der Waals surface area contributed by atoms with Crippen LogP contribution in [-0.2, 0) is 11.3 Å². The largest absolute Gasteiger partial charge is 0.380 e. The van der Waals surface area contributed by atoms with Crippen LogP contribution in [0.4, 0.5) is 0 Å². The molecule has 0 amide bonds. The molecule has 0 spiro atoms. The molecule has 66 valence electrons. The Labute approximate surface area is 71.6 Å². The Morgan fingerprint density at radius 1 is 1.42 bits per heavy atom. The van der Waals surface area contributed by atoms with E-state index in [1.54, 1.807) is 24.5 Å². The van der Waals surface area contributed by atoms with E-state index in [2.05, 4.69) is 0 Å². The summed E-state index contributed by atoms with van der Waals surface area (Å²) in [5, 5.41) is 0. The summed E-state index contributed by atoms with van der Waals surface area (Å²) in [6.45, 7) is 4.19. The van der Waals surface area contributed by atoms with E-state index in [1.165, 1.54) is 0 Å². The van der Waals surface area contributed by atoms with Crippen molar-refractivity contribution in [1.29, 1.82) is 0 Å². The van der Waals surface area contributed by atoms with Crippen molar-refractivity contribution in [3.05, 3.63) is 34.7 Å². The molecule has 0 aliphatic rings. The van der Waals surface area contributed by atoms with Crippen molar-refractivity contribution in [2.24, 2.45) is 0 Å². The van der Waals surface area contributed by atoms with E-state index in [0.717, 1.165) is 13.2 Å². The van der Waals surface area contributed by atoms with Crippen molar-refractivity contribution in [3.63, 3.8) is 0 Å². The Morgan fingerprint density at radius 2 is 2.08 bits per heavy atom. The van der Waals surface area contributed by atoms with Crippen LogP contribution in [0.25, 0.3) is 0 Å². The lowest BCUT2D eigenvalue weighted by atomic mass is 10.4. The van der Waals surface area contributed by atoms with Crippen LogP contribution in [0.1, 0.15) is 6.92 Å². The third-order valence-corrected chi connectivity index (χ3v) is 1.56. The normalized spacial score (nSPS) is 10.1. The van der Waals surface area contributed by atoms with Crippen molar-refractivity contribution in [2.45, 2.75) is 13.5 Å². The van der Waals surface area contributed by atoms with Gasteiger partial charge in [0.1, 0.15) is 0 Å². The molecule has 12 heavy (non-hydrogen) atoms. The standard InChI is InChI=1S/C9H13NO2/c1-2-12-8-7-10-5-3-9(11)4-6-10/h3-6H,2,7-8H2,1H3. The first kappa shape index (κ1) is 9.00. The highest BCUT2D eigenvalue weighted by Gasteiger charge is 1.88. The number of nitrogens with zero attached hydrogens (tertiary/aromatic N) is 1. The molecular formula is C9H13NO2. The third-order valence-electron chi connectivity index (χ3n) is 1.56. The molecular weight excluding hydrogens is 154 g/mol. The molecule has 3 nitrogen and oxygen atoms in total. The van der Waals surface area contributed by atoms with Crippen LogP contribution < -0.4 is 5.43 Å². The van der Waals surface area contributed by atoms with E-state index in [4.69, 9.17) is 4.74 Å². The van der Waals surface area contributed by atoms with Crippen LogP contribution in [0.2, 0.25) is 0 Å². The molecule has 0 aliphatic carbocycles. The number of pyridine rings is 1. The highest BCUT2D eigenvalue weighted by atomic mass is 16.5. The van der Waals surface area contributed by atoms with Gasteiger partial charge in [0.15, 0.2) is 5.43 Å². The molecule has 0 aliphatic heterocycles. The molecule has 1 aromatic heterocycles. The molecule has 1 aromatic rings. The number of hydrogen-bond acceptors (Lipinski definition) is 2. The quantitative estimate of drug-likeness (QED) is 0.623. The summed E-state index contributed by atoms with van der Waals surface area (Å²) in [6.07, 6.45) is 3.53. The SMILES string of the molecule is CCOCCn1ccc(=O)cc1. The predicted molar refractivity (Wildman–Crippen MR) is 47.2 cm³/mol. The van der Waals surface area contributed by atoms with Gasteiger partial charge in [-0.1, -0.05) is 0 Å². The first-order valence-electron chi connectivity index (χ1n) is 4.07. The summed E-state index contributed by atoms with van der Waals surface area (Å²) in [5.74, 6) is 0. The maximum Gasteiger partial charge on any atom is 0.181 e. The fourth-order valence-corrected chi connectivity index (χ4v) is 0.907. The maximum atomic E-state index is 10.7. The predicted octanol–water partition coefficient (Wildman–Crippen LogP) is 0.885. The van der Waals surface area contributed by atoms with Crippen LogP contribution in [0.3, 0.4) is 0 Å². The minimum atomic E-state index is 0.0441. The molecule has 0 N–H and O–H groups in total. The third kappa shape index (κ3) is 2.88. The Balaban J connectivity index is 2.42. The van der Waals surface area contributed by atoms with E-state index in [1.807, 2.05) is 11.5 Å². The molecule has 1 rings (SSSR count). The zero-order chi connectivity index (χ0) is 8.81. The molecule has 0 saturated heterocycles. The fraction of sp³-hybridized carbons (Fsp3) is 0.444. The smallest absolute Gasteiger partial charge is 0.181 e. The van der Waals surface area contributed by atoms with Gasteiger partial charge in [-0.05, 0) is 6.92 Å². The molecule has 0 unspecified atom stereocenters. The van der Waals surface area contributed by atoms with Gasteiger partial charge < -0.3 is 9.30 Å². The lowest BCUT2D eigenvalue weighted by molar-refractivity contribution is 0.139. The Hall–Kier alpha value is -1.09. The van der Waals surface area contributed by atoms with Crippen molar-refractivity contribution in [2.75, 3.05) is 13.2 Å². The van der Waals surface area contributed by atoms with Crippen molar-refractivity contribution < 1.29 is 4.74 Å². The van der Waals surface area contributed by atoms with Crippen LogP contribution in [0.15, 0.2) is 29.3 Å². The van der Waals surface area contributed by atoms with Gasteiger partial charge in [-0.25, -0.2) is 0 Å². The van der Waals surface area contributed by atoms with Crippen LogP contribution in [0, 0.1) is 0 Å². The topological polar surface area (TPSA) is 31.2 Å². The molecule has 0 saturated carbocycles. The summed E-state index contributed by atoms with van der Waals surface area (Å²) in [6, 6.07) is 3.10. The Morgan fingerprint density at radius 3 is 2.67 bits per heavy atom. The van der Waals surface area contributed by atoms with E-state index < -0.39 is 0 Å². The van der Waals surface area contributed by atoms with Crippen molar-refractivity contribution >= 4 is 0 Å². The average molecular weight is 167 g/mol. The molecule has 0 aromatic carbocycles. The number of hydrogen-bond donors (Lipinski definition) is 0. The molecule has 0 bridgehead atoms. The minimum Gasteiger partial charge on any atom is -0.380 e. The zero-order valence-corrected chi connectivity index (χ0v) is 7.19. The summed E-state index contributed by atoms with van der Waals surface area (Å²) in [4.78, 5) is 10.7. The minimum absolute atomic E-state index is 0.0441. The Bertz CT molecular complexity index is 260. The molecule has 1 heterocycles. The van der Waals surface area contributed by atoms with Crippen molar-refractivity contribution in [1.82, 2.24) is 4.57 Å². The Kier molecular flexibility index (Phi) is 3.54. The molecule has 3 heteroatoms. The van der Waals surface area contributed by atoms with Gasteiger partial charge in [-0.15, -0.1) is 0 Å². The van der Waals surface area contributed by atoms with E-state index in [0.29, 0.717) is 6.61 Å². The van der Waals surface area contributed by atoms with E-state index in [-0.39, 0.29) is 5.43 Å². The maximum absolute atomic E-state index is 10.7. The number of rotatable bonds is 4. The fourth-order valence-electron chi connectivity index (χ4n) is 0.907. The summed E-state index contributed by atoms with van der Waals surface area (Å²) >= 11 is 0. The summed E-state index contributed by atoms with van der Waals surface area (Å²) in [7, 11) is 0. The molecule has 0 atom stereocenters. The van der Waals surface area contributed by atoms with Crippen LogP contribution in [0.5, 0.6) is 0 Å². The van der Waals surface area contributed by atoms with E-state index in [9.17, 15) is 4.79 Å². The van der Waals surface area contributed by atoms with Gasteiger partial charge in [-0.3, -0.25) is 4.79 Å². The summed E-state index contributed by atoms with van der Waals surface area (Å²) < 4.78 is 7.10. The number of aromatic nitrogens is 1. The second-order valence-electron chi connectivity index (χ2n) is 2.47. The highest BCUT2D eigenvalue weighted by molar-refractivity contribution is 4.93. The highest BCUT2D eigenvalue weighted by Crippen LogP contribution is 1.85. The molecule has 0 radical (unpaired) electrons. The van der Waals surface area contributed by atoms with Gasteiger partial charge >= 0.3 is 0 Å². The first-order valence-corrected chi connectivity index (χ1v) is 4.07. The van der Waals surface area contributed by atoms with Crippen molar-refractivity contribution in [3.8, 4) is 0 Å². The van der Waals surface area contributed by atoms with Crippen LogP contribution >= 0.6 is 0 Å². The zero-order valence-electron chi connectivity index (χ0n) is 7.19.